The van der Waals surface area contributed by atoms with E-state index in [-0.39, 0.29) is 11.3 Å². The highest BCUT2D eigenvalue weighted by molar-refractivity contribution is 5.77. The molecule has 1 spiro atoms. The van der Waals surface area contributed by atoms with E-state index in [1.807, 2.05) is 30.6 Å². The molecule has 154 valence electrons. The maximum absolute atomic E-state index is 13.0. The number of aromatic nitrogens is 3. The van der Waals surface area contributed by atoms with Crippen LogP contribution in [0.5, 0.6) is 5.75 Å². The molecule has 3 fully saturated rings. The minimum atomic E-state index is 0.226. The third kappa shape index (κ3) is 3.65. The van der Waals surface area contributed by atoms with E-state index in [9.17, 15) is 4.79 Å². The number of aryl methyl sites for hydroxylation is 1. The predicted molar refractivity (Wildman–Crippen MR) is 110 cm³/mol. The van der Waals surface area contributed by atoms with Gasteiger partial charge in [0.25, 0.3) is 0 Å². The van der Waals surface area contributed by atoms with Crippen molar-refractivity contribution in [3.63, 3.8) is 0 Å². The van der Waals surface area contributed by atoms with Gasteiger partial charge in [-0.2, -0.15) is 0 Å². The lowest BCUT2D eigenvalue weighted by atomic mass is 9.62. The number of carbonyl (C=O) groups is 1. The second kappa shape index (κ2) is 7.47. The molecule has 3 aliphatic rings. The third-order valence-corrected chi connectivity index (χ3v) is 7.25. The fourth-order valence-corrected chi connectivity index (χ4v) is 5.11. The summed E-state index contributed by atoms with van der Waals surface area (Å²) >= 11 is 0. The first-order valence-corrected chi connectivity index (χ1v) is 11.0. The zero-order chi connectivity index (χ0) is 19.8. The van der Waals surface area contributed by atoms with E-state index >= 15 is 0 Å². The summed E-state index contributed by atoms with van der Waals surface area (Å²) in [5, 5.41) is 8.75. The number of benzene rings is 1. The quantitative estimate of drug-likeness (QED) is 0.722. The van der Waals surface area contributed by atoms with Crippen molar-refractivity contribution in [2.75, 3.05) is 20.2 Å². The zero-order valence-electron chi connectivity index (χ0n) is 17.2. The Morgan fingerprint density at radius 1 is 1.24 bits per heavy atom. The van der Waals surface area contributed by atoms with Crippen LogP contribution in [0.4, 0.5) is 0 Å². The Labute approximate surface area is 172 Å². The molecule has 1 aromatic carbocycles. The van der Waals surface area contributed by atoms with Gasteiger partial charge in [0, 0.05) is 32.0 Å². The molecule has 2 aromatic rings. The average Bonchev–Trinajstić information content (AvgIpc) is 3.25. The van der Waals surface area contributed by atoms with Crippen LogP contribution in [0.2, 0.25) is 0 Å². The molecule has 2 aliphatic carbocycles. The van der Waals surface area contributed by atoms with E-state index in [0.717, 1.165) is 43.5 Å². The molecule has 6 nitrogen and oxygen atoms in total. The summed E-state index contributed by atoms with van der Waals surface area (Å²) in [5.74, 6) is 3.36. The van der Waals surface area contributed by atoms with Gasteiger partial charge in [-0.25, -0.2) is 0 Å². The van der Waals surface area contributed by atoms with Gasteiger partial charge in [-0.1, -0.05) is 18.6 Å². The molecule has 0 bridgehead atoms. The highest BCUT2D eigenvalue weighted by Crippen LogP contribution is 2.55. The van der Waals surface area contributed by atoms with Crippen LogP contribution in [0.1, 0.15) is 55.8 Å². The van der Waals surface area contributed by atoms with E-state index in [1.54, 1.807) is 7.11 Å². The van der Waals surface area contributed by atoms with Crippen molar-refractivity contribution >= 4 is 5.91 Å². The van der Waals surface area contributed by atoms with Gasteiger partial charge in [-0.3, -0.25) is 4.79 Å². The molecule has 1 saturated heterocycles. The SMILES string of the molecule is COc1ccc(CCC(=O)N2CC(c3nncn3CC3CC3)C3(CCC3)C2)cc1. The monoisotopic (exact) mass is 394 g/mol. The Bertz CT molecular complexity index is 867. The molecule has 2 heterocycles. The Kier molecular flexibility index (Phi) is 4.80. The Hall–Kier alpha value is -2.37. The number of hydrogen-bond acceptors (Lipinski definition) is 4. The van der Waals surface area contributed by atoms with Crippen LogP contribution in [0, 0.1) is 11.3 Å². The zero-order valence-corrected chi connectivity index (χ0v) is 17.2. The van der Waals surface area contributed by atoms with Crippen molar-refractivity contribution in [3.8, 4) is 5.75 Å². The van der Waals surface area contributed by atoms with Crippen molar-refractivity contribution in [1.82, 2.24) is 19.7 Å². The number of rotatable bonds is 7. The van der Waals surface area contributed by atoms with Crippen LogP contribution >= 0.6 is 0 Å². The van der Waals surface area contributed by atoms with Gasteiger partial charge in [-0.05, 0) is 61.1 Å². The van der Waals surface area contributed by atoms with Crippen LogP contribution in [0.3, 0.4) is 0 Å². The van der Waals surface area contributed by atoms with E-state index in [1.165, 1.54) is 37.7 Å². The number of ether oxygens (including phenoxy) is 1. The summed E-state index contributed by atoms with van der Waals surface area (Å²) in [4.78, 5) is 15.1. The molecule has 2 saturated carbocycles. The van der Waals surface area contributed by atoms with E-state index in [0.29, 0.717) is 12.3 Å². The number of nitrogens with zero attached hydrogens (tertiary/aromatic N) is 4. The molecule has 1 aliphatic heterocycles. The van der Waals surface area contributed by atoms with Gasteiger partial charge in [0.05, 0.1) is 7.11 Å². The molecule has 29 heavy (non-hydrogen) atoms. The lowest BCUT2D eigenvalue weighted by Crippen LogP contribution is -2.38. The first-order chi connectivity index (χ1) is 14.2. The largest absolute Gasteiger partial charge is 0.497 e. The minimum Gasteiger partial charge on any atom is -0.497 e. The standard InChI is InChI=1S/C23H30N4O2/c1-29-19-8-5-17(6-9-19)7-10-21(28)26-14-20(23(15-26)11-2-12-23)22-25-24-16-27(22)13-18-3-4-18/h5-6,8-9,16,18,20H,2-4,7,10-15H2,1H3. The predicted octanol–water partition coefficient (Wildman–Crippen LogP) is 3.43. The van der Waals surface area contributed by atoms with Crippen LogP contribution in [0.15, 0.2) is 30.6 Å². The lowest BCUT2D eigenvalue weighted by molar-refractivity contribution is -0.130. The van der Waals surface area contributed by atoms with Crippen molar-refractivity contribution < 1.29 is 9.53 Å². The fraction of sp³-hybridized carbons (Fsp3) is 0.609. The minimum absolute atomic E-state index is 0.226. The summed E-state index contributed by atoms with van der Waals surface area (Å²) < 4.78 is 7.49. The second-order valence-corrected chi connectivity index (χ2v) is 9.18. The second-order valence-electron chi connectivity index (χ2n) is 9.18. The van der Waals surface area contributed by atoms with E-state index in [4.69, 9.17) is 4.74 Å². The van der Waals surface area contributed by atoms with Gasteiger partial charge in [0.2, 0.25) is 5.91 Å². The summed E-state index contributed by atoms with van der Waals surface area (Å²) in [6, 6.07) is 8.02. The summed E-state index contributed by atoms with van der Waals surface area (Å²) in [6.45, 7) is 2.72. The average molecular weight is 395 g/mol. The molecule has 1 aromatic heterocycles. The molecular formula is C23H30N4O2. The summed E-state index contributed by atoms with van der Waals surface area (Å²) in [5.41, 5.74) is 1.40. The maximum Gasteiger partial charge on any atom is 0.222 e. The number of carbonyl (C=O) groups excluding carboxylic acids is 1. The van der Waals surface area contributed by atoms with Crippen LogP contribution in [-0.2, 0) is 17.8 Å². The first-order valence-electron chi connectivity index (χ1n) is 11.0. The van der Waals surface area contributed by atoms with Crippen LogP contribution in [0.25, 0.3) is 0 Å². The van der Waals surface area contributed by atoms with Gasteiger partial charge >= 0.3 is 0 Å². The Morgan fingerprint density at radius 3 is 2.69 bits per heavy atom. The van der Waals surface area contributed by atoms with Crippen molar-refractivity contribution in [2.24, 2.45) is 11.3 Å². The lowest BCUT2D eigenvalue weighted by Gasteiger charge is -2.42. The van der Waals surface area contributed by atoms with Crippen molar-refractivity contribution in [3.05, 3.63) is 42.0 Å². The summed E-state index contributed by atoms with van der Waals surface area (Å²) in [7, 11) is 1.67. The molecule has 0 radical (unpaired) electrons. The molecule has 1 amide bonds. The van der Waals surface area contributed by atoms with Crippen molar-refractivity contribution in [1.29, 1.82) is 0 Å². The Balaban J connectivity index is 1.25. The van der Waals surface area contributed by atoms with Gasteiger partial charge in [0.15, 0.2) is 0 Å². The van der Waals surface area contributed by atoms with Crippen LogP contribution < -0.4 is 4.74 Å². The Morgan fingerprint density at radius 2 is 2.03 bits per heavy atom. The smallest absolute Gasteiger partial charge is 0.222 e. The molecule has 1 atom stereocenters. The molecule has 0 N–H and O–H groups in total. The van der Waals surface area contributed by atoms with Gasteiger partial charge in [0.1, 0.15) is 17.9 Å². The topological polar surface area (TPSA) is 60.2 Å². The summed E-state index contributed by atoms with van der Waals surface area (Å²) in [6.07, 6.45) is 9.55. The van der Waals surface area contributed by atoms with Crippen LogP contribution in [-0.4, -0.2) is 45.8 Å². The highest BCUT2D eigenvalue weighted by atomic mass is 16.5. The molecular weight excluding hydrogens is 364 g/mol. The van der Waals surface area contributed by atoms with Gasteiger partial charge < -0.3 is 14.2 Å². The first kappa shape index (κ1) is 18.6. The van der Waals surface area contributed by atoms with E-state index < -0.39 is 0 Å². The number of likely N-dealkylation sites (tertiary alicyclic amines) is 1. The van der Waals surface area contributed by atoms with Gasteiger partial charge in [-0.15, -0.1) is 10.2 Å². The third-order valence-electron chi connectivity index (χ3n) is 7.25. The molecule has 6 heteroatoms. The molecule has 5 rings (SSSR count). The maximum atomic E-state index is 13.0. The van der Waals surface area contributed by atoms with Crippen molar-refractivity contribution in [2.45, 2.75) is 57.4 Å². The number of amides is 1. The highest BCUT2D eigenvalue weighted by Gasteiger charge is 2.53. The molecule has 1 unspecified atom stereocenters. The fourth-order valence-electron chi connectivity index (χ4n) is 5.11. The normalized spacial score (nSPS) is 22.7. The van der Waals surface area contributed by atoms with E-state index in [2.05, 4.69) is 19.7 Å². The number of hydrogen-bond donors (Lipinski definition) is 0. The number of methoxy groups -OCH3 is 1.